The molecule has 0 aliphatic carbocycles. The molecule has 2 aromatic carbocycles. The molecule has 0 N–H and O–H groups in total. The van der Waals surface area contributed by atoms with E-state index < -0.39 is 44.1 Å². The van der Waals surface area contributed by atoms with Crippen molar-refractivity contribution in [2.75, 3.05) is 13.1 Å². The summed E-state index contributed by atoms with van der Waals surface area (Å²) < 4.78 is 46.7. The number of hydrogen-bond donors (Lipinski definition) is 0. The third-order valence-electron chi connectivity index (χ3n) is 6.01. The first kappa shape index (κ1) is 23.8. The average molecular weight is 465 g/mol. The largest absolute Gasteiger partial charge is 0.419 e. The topological polar surface area (TPSA) is 107 Å². The second kappa shape index (κ2) is 8.95. The van der Waals surface area contributed by atoms with Crippen LogP contribution in [0.3, 0.4) is 0 Å². The van der Waals surface area contributed by atoms with E-state index in [2.05, 4.69) is 0 Å². The molecule has 1 aliphatic heterocycles. The lowest BCUT2D eigenvalue weighted by Gasteiger charge is -2.31. The zero-order chi connectivity index (χ0) is 23.8. The van der Waals surface area contributed by atoms with Crippen molar-refractivity contribution in [1.82, 2.24) is 4.31 Å². The minimum Gasteiger partial charge on any atom is -0.419 e. The molecular weight excluding hydrogens is 439 g/mol. The zero-order valence-electron chi connectivity index (χ0n) is 18.3. The summed E-state index contributed by atoms with van der Waals surface area (Å²) in [7, 11) is -3.76. The SMILES string of the molecule is Cc1cc(C)c(C)c(S(=O)(=O)N2CCC(C(=O)Oc3cc(F)ccc3[N+](=O)[O-])CC2)c1C. The number of sulfonamides is 1. The number of hydrogen-bond acceptors (Lipinski definition) is 6. The summed E-state index contributed by atoms with van der Waals surface area (Å²) in [6.45, 7) is 7.52. The molecule has 1 saturated heterocycles. The van der Waals surface area contributed by atoms with E-state index in [-0.39, 0.29) is 25.9 Å². The Kier molecular flexibility index (Phi) is 6.66. The lowest BCUT2D eigenvalue weighted by atomic mass is 9.98. The molecule has 0 amide bonds. The Morgan fingerprint density at radius 3 is 2.19 bits per heavy atom. The van der Waals surface area contributed by atoms with Gasteiger partial charge in [0.15, 0.2) is 0 Å². The van der Waals surface area contributed by atoms with Gasteiger partial charge in [0.05, 0.1) is 15.7 Å². The van der Waals surface area contributed by atoms with E-state index in [1.807, 2.05) is 19.9 Å². The van der Waals surface area contributed by atoms with Crippen LogP contribution in [0.4, 0.5) is 10.1 Å². The summed E-state index contributed by atoms with van der Waals surface area (Å²) >= 11 is 0. The fraction of sp³-hybridized carbons (Fsp3) is 0.409. The molecule has 0 radical (unpaired) electrons. The molecular formula is C22H25FN2O6S. The maximum atomic E-state index is 13.5. The molecule has 0 unspecified atom stereocenters. The number of halogens is 1. The maximum absolute atomic E-state index is 13.5. The third-order valence-corrected chi connectivity index (χ3v) is 8.18. The van der Waals surface area contributed by atoms with Crippen LogP contribution < -0.4 is 4.74 Å². The van der Waals surface area contributed by atoms with Gasteiger partial charge in [-0.05, 0) is 68.9 Å². The van der Waals surface area contributed by atoms with Crippen molar-refractivity contribution in [3.8, 4) is 5.75 Å². The average Bonchev–Trinajstić information content (AvgIpc) is 2.72. The van der Waals surface area contributed by atoms with Gasteiger partial charge in [0.1, 0.15) is 5.82 Å². The predicted octanol–water partition coefficient (Wildman–Crippen LogP) is 3.97. The second-order valence-electron chi connectivity index (χ2n) is 8.06. The molecule has 0 aromatic heterocycles. The van der Waals surface area contributed by atoms with Crippen LogP contribution in [0.15, 0.2) is 29.2 Å². The molecule has 1 fully saturated rings. The third kappa shape index (κ3) is 4.51. The summed E-state index contributed by atoms with van der Waals surface area (Å²) in [6, 6.07) is 4.59. The van der Waals surface area contributed by atoms with Crippen molar-refractivity contribution in [2.24, 2.45) is 5.92 Å². The minimum atomic E-state index is -3.76. The number of esters is 1. The summed E-state index contributed by atoms with van der Waals surface area (Å²) in [5.41, 5.74) is 2.67. The Morgan fingerprint density at radius 2 is 1.66 bits per heavy atom. The van der Waals surface area contributed by atoms with Crippen LogP contribution in [0.25, 0.3) is 0 Å². The quantitative estimate of drug-likeness (QED) is 0.287. The molecule has 0 bridgehead atoms. The molecule has 8 nitrogen and oxygen atoms in total. The van der Waals surface area contributed by atoms with Crippen LogP contribution in [0.1, 0.15) is 35.1 Å². The van der Waals surface area contributed by atoms with Gasteiger partial charge >= 0.3 is 11.7 Å². The molecule has 172 valence electrons. The zero-order valence-corrected chi connectivity index (χ0v) is 19.2. The van der Waals surface area contributed by atoms with Gasteiger partial charge in [0.25, 0.3) is 0 Å². The van der Waals surface area contributed by atoms with Crippen LogP contribution >= 0.6 is 0 Å². The van der Waals surface area contributed by atoms with Crippen molar-refractivity contribution in [2.45, 2.75) is 45.4 Å². The van der Waals surface area contributed by atoms with Crippen LogP contribution in [0.5, 0.6) is 5.75 Å². The summed E-state index contributed by atoms with van der Waals surface area (Å²) in [4.78, 5) is 23.2. The number of nitrogens with zero attached hydrogens (tertiary/aromatic N) is 2. The predicted molar refractivity (Wildman–Crippen MR) is 116 cm³/mol. The normalized spacial score (nSPS) is 15.5. The lowest BCUT2D eigenvalue weighted by Crippen LogP contribution is -2.41. The van der Waals surface area contributed by atoms with Gasteiger partial charge in [-0.15, -0.1) is 0 Å². The van der Waals surface area contributed by atoms with E-state index in [1.54, 1.807) is 13.8 Å². The number of nitro groups is 1. The number of piperidine rings is 1. The maximum Gasteiger partial charge on any atom is 0.314 e. The van der Waals surface area contributed by atoms with Crippen LogP contribution in [0.2, 0.25) is 0 Å². The summed E-state index contributed by atoms with van der Waals surface area (Å²) in [6.07, 6.45) is 0.397. The van der Waals surface area contributed by atoms with Crippen molar-refractivity contribution in [1.29, 1.82) is 0 Å². The molecule has 0 spiro atoms. The Morgan fingerprint density at radius 1 is 1.09 bits per heavy atom. The van der Waals surface area contributed by atoms with Crippen LogP contribution in [-0.2, 0) is 14.8 Å². The monoisotopic (exact) mass is 464 g/mol. The fourth-order valence-corrected chi connectivity index (χ4v) is 5.99. The van der Waals surface area contributed by atoms with Crippen molar-refractivity contribution in [3.63, 3.8) is 0 Å². The molecule has 32 heavy (non-hydrogen) atoms. The highest BCUT2D eigenvalue weighted by atomic mass is 32.2. The molecule has 2 aromatic rings. The number of carbonyl (C=O) groups excluding carboxylic acids is 1. The van der Waals surface area contributed by atoms with Gasteiger partial charge in [0.2, 0.25) is 15.8 Å². The standard InChI is InChI=1S/C22H25FN2O6S/c1-13-11-14(2)16(4)21(15(13)3)32(29,30)24-9-7-17(8-10-24)22(26)31-20-12-18(23)5-6-19(20)25(27)28/h5-6,11-12,17H,7-10H2,1-4H3. The highest BCUT2D eigenvalue weighted by Crippen LogP contribution is 2.33. The van der Waals surface area contributed by atoms with E-state index in [4.69, 9.17) is 4.74 Å². The van der Waals surface area contributed by atoms with Gasteiger partial charge in [-0.3, -0.25) is 14.9 Å². The highest BCUT2D eigenvalue weighted by Gasteiger charge is 2.35. The minimum absolute atomic E-state index is 0.110. The Bertz CT molecular complexity index is 1160. The van der Waals surface area contributed by atoms with Crippen LogP contribution in [-0.4, -0.2) is 36.7 Å². The van der Waals surface area contributed by atoms with Crippen molar-refractivity contribution < 1.29 is 27.3 Å². The molecule has 3 rings (SSSR count). The van der Waals surface area contributed by atoms with Gasteiger partial charge in [-0.1, -0.05) is 6.07 Å². The highest BCUT2D eigenvalue weighted by molar-refractivity contribution is 7.89. The molecule has 0 saturated carbocycles. The fourth-order valence-electron chi connectivity index (χ4n) is 3.94. The summed E-state index contributed by atoms with van der Waals surface area (Å²) in [5, 5.41) is 11.1. The number of rotatable bonds is 5. The number of ether oxygens (including phenoxy) is 1. The first-order valence-corrected chi connectivity index (χ1v) is 11.6. The van der Waals surface area contributed by atoms with Gasteiger partial charge in [-0.2, -0.15) is 4.31 Å². The number of benzene rings is 2. The molecule has 1 heterocycles. The number of nitro benzene ring substituents is 1. The molecule has 1 aliphatic rings. The Balaban J connectivity index is 1.75. The van der Waals surface area contributed by atoms with Gasteiger partial charge in [0, 0.05) is 25.2 Å². The first-order valence-electron chi connectivity index (χ1n) is 10.2. The van der Waals surface area contributed by atoms with E-state index in [9.17, 15) is 27.7 Å². The second-order valence-corrected chi connectivity index (χ2v) is 9.93. The Hall–Kier alpha value is -2.85. The number of carbonyl (C=O) groups is 1. The number of aryl methyl sites for hydroxylation is 2. The van der Waals surface area contributed by atoms with E-state index in [0.717, 1.165) is 29.3 Å². The van der Waals surface area contributed by atoms with Gasteiger partial charge in [-0.25, -0.2) is 12.8 Å². The lowest BCUT2D eigenvalue weighted by molar-refractivity contribution is -0.385. The molecule has 0 atom stereocenters. The van der Waals surface area contributed by atoms with E-state index in [1.165, 1.54) is 4.31 Å². The van der Waals surface area contributed by atoms with Crippen molar-refractivity contribution >= 4 is 21.7 Å². The molecule has 10 heteroatoms. The van der Waals surface area contributed by atoms with E-state index >= 15 is 0 Å². The van der Waals surface area contributed by atoms with Crippen LogP contribution in [0, 0.1) is 49.5 Å². The smallest absolute Gasteiger partial charge is 0.314 e. The van der Waals surface area contributed by atoms with E-state index in [0.29, 0.717) is 16.0 Å². The first-order chi connectivity index (χ1) is 14.9. The Labute approximate surface area is 186 Å². The van der Waals surface area contributed by atoms with Crippen molar-refractivity contribution in [3.05, 3.63) is 62.5 Å². The summed E-state index contributed by atoms with van der Waals surface area (Å²) in [5.74, 6) is -2.62. The van der Waals surface area contributed by atoms with Gasteiger partial charge < -0.3 is 4.74 Å².